The Balaban J connectivity index is 1.38. The summed E-state index contributed by atoms with van der Waals surface area (Å²) in [5.74, 6) is 0.605. The number of nitrogens with zero attached hydrogens (tertiary/aromatic N) is 3. The van der Waals surface area contributed by atoms with E-state index in [1.807, 2.05) is 24.3 Å². The van der Waals surface area contributed by atoms with Crippen LogP contribution in [0, 0.1) is 0 Å². The van der Waals surface area contributed by atoms with Gasteiger partial charge in [-0.1, -0.05) is 18.2 Å². The van der Waals surface area contributed by atoms with Crippen LogP contribution in [-0.4, -0.2) is 55.1 Å². The fourth-order valence-electron chi connectivity index (χ4n) is 3.58. The molecule has 0 bridgehead atoms. The largest absolute Gasteiger partial charge is 0.496 e. The van der Waals surface area contributed by atoms with Crippen molar-refractivity contribution in [1.82, 2.24) is 15.3 Å². The molecule has 2 saturated heterocycles. The van der Waals surface area contributed by atoms with E-state index in [9.17, 15) is 4.79 Å². The van der Waals surface area contributed by atoms with Gasteiger partial charge >= 0.3 is 0 Å². The summed E-state index contributed by atoms with van der Waals surface area (Å²) in [6.07, 6.45) is 3.15. The van der Waals surface area contributed by atoms with E-state index < -0.39 is 5.79 Å². The second kappa shape index (κ2) is 8.12. The van der Waals surface area contributed by atoms with Crippen LogP contribution in [0.2, 0.25) is 0 Å². The van der Waals surface area contributed by atoms with Crippen molar-refractivity contribution in [2.75, 3.05) is 38.3 Å². The Hall–Kier alpha value is -2.71. The van der Waals surface area contributed by atoms with Gasteiger partial charge < -0.3 is 24.4 Å². The zero-order valence-electron chi connectivity index (χ0n) is 15.9. The van der Waals surface area contributed by atoms with Gasteiger partial charge in [0.05, 0.1) is 20.3 Å². The zero-order chi connectivity index (χ0) is 19.4. The first-order valence-electron chi connectivity index (χ1n) is 9.45. The number of carbonyl (C=O) groups is 1. The number of anilines is 1. The van der Waals surface area contributed by atoms with Crippen LogP contribution in [-0.2, 0) is 16.0 Å². The van der Waals surface area contributed by atoms with Gasteiger partial charge in [0.2, 0.25) is 5.95 Å². The molecule has 1 aromatic heterocycles. The summed E-state index contributed by atoms with van der Waals surface area (Å²) in [6, 6.07) is 9.21. The second-order valence-electron chi connectivity index (χ2n) is 6.83. The van der Waals surface area contributed by atoms with Crippen molar-refractivity contribution < 1.29 is 19.0 Å². The molecule has 1 spiro atoms. The molecule has 0 saturated carbocycles. The summed E-state index contributed by atoms with van der Waals surface area (Å²) in [6.45, 7) is 3.12. The van der Waals surface area contributed by atoms with E-state index in [1.165, 1.54) is 0 Å². The van der Waals surface area contributed by atoms with Gasteiger partial charge in [-0.3, -0.25) is 4.79 Å². The lowest BCUT2D eigenvalue weighted by Gasteiger charge is -2.37. The summed E-state index contributed by atoms with van der Waals surface area (Å²) in [7, 11) is 1.61. The minimum atomic E-state index is -0.444. The number of para-hydroxylation sites is 1. The van der Waals surface area contributed by atoms with E-state index in [-0.39, 0.29) is 5.91 Å². The lowest BCUT2D eigenvalue weighted by atomic mass is 10.0. The number of aromatic nitrogens is 2. The lowest BCUT2D eigenvalue weighted by molar-refractivity contribution is -0.169. The van der Waals surface area contributed by atoms with Crippen molar-refractivity contribution in [3.8, 4) is 5.75 Å². The molecule has 0 atom stereocenters. The van der Waals surface area contributed by atoms with Crippen LogP contribution < -0.4 is 15.0 Å². The number of methoxy groups -OCH3 is 1. The number of carbonyl (C=O) groups excluding carboxylic acids is 1. The van der Waals surface area contributed by atoms with Crippen LogP contribution in [0.4, 0.5) is 5.95 Å². The highest BCUT2D eigenvalue weighted by atomic mass is 16.7. The van der Waals surface area contributed by atoms with Crippen LogP contribution >= 0.6 is 0 Å². The normalized spacial score (nSPS) is 18.2. The Labute approximate surface area is 163 Å². The predicted octanol–water partition coefficient (Wildman–Crippen LogP) is 1.76. The Morgan fingerprint density at radius 2 is 1.96 bits per heavy atom. The van der Waals surface area contributed by atoms with Crippen molar-refractivity contribution in [3.63, 3.8) is 0 Å². The molecule has 148 valence electrons. The highest BCUT2D eigenvalue weighted by Crippen LogP contribution is 2.32. The first-order valence-corrected chi connectivity index (χ1v) is 9.45. The molecule has 8 nitrogen and oxygen atoms in total. The van der Waals surface area contributed by atoms with Crippen LogP contribution in [0.3, 0.4) is 0 Å². The third-order valence-electron chi connectivity index (χ3n) is 5.13. The maximum atomic E-state index is 12.6. The maximum absolute atomic E-state index is 12.6. The summed E-state index contributed by atoms with van der Waals surface area (Å²) in [5.41, 5.74) is 1.25. The number of hydrogen-bond donors (Lipinski definition) is 1. The number of ether oxygens (including phenoxy) is 3. The lowest BCUT2D eigenvalue weighted by Crippen LogP contribution is -2.45. The molecule has 0 unspecified atom stereocenters. The number of nitrogens with one attached hydrogen (secondary N) is 1. The van der Waals surface area contributed by atoms with Crippen molar-refractivity contribution in [1.29, 1.82) is 0 Å². The fourth-order valence-corrected chi connectivity index (χ4v) is 3.58. The molecule has 2 fully saturated rings. The summed E-state index contributed by atoms with van der Waals surface area (Å²) >= 11 is 0. The van der Waals surface area contributed by atoms with Crippen LogP contribution in [0.5, 0.6) is 5.75 Å². The van der Waals surface area contributed by atoms with Gasteiger partial charge in [-0.25, -0.2) is 9.97 Å². The summed E-state index contributed by atoms with van der Waals surface area (Å²) in [4.78, 5) is 23.4. The standard InChI is InChI=1S/C20H24N4O4/c1-26-17-5-3-2-4-15(17)14-22-18(25)16-6-9-21-19(23-16)24-10-7-20(8-11-24)27-12-13-28-20/h2-6,9H,7-8,10-14H2,1H3,(H,22,25). The molecule has 1 amide bonds. The van der Waals surface area contributed by atoms with Gasteiger partial charge in [-0.05, 0) is 12.1 Å². The average molecular weight is 384 g/mol. The molecular formula is C20H24N4O4. The van der Waals surface area contributed by atoms with Crippen molar-refractivity contribution >= 4 is 11.9 Å². The first-order chi connectivity index (χ1) is 13.7. The number of amides is 1. The second-order valence-corrected chi connectivity index (χ2v) is 6.83. The molecular weight excluding hydrogens is 360 g/mol. The molecule has 3 heterocycles. The molecule has 4 rings (SSSR count). The monoisotopic (exact) mass is 384 g/mol. The van der Waals surface area contributed by atoms with E-state index >= 15 is 0 Å². The molecule has 1 N–H and O–H groups in total. The molecule has 1 aromatic carbocycles. The van der Waals surface area contributed by atoms with E-state index in [2.05, 4.69) is 20.2 Å². The van der Waals surface area contributed by atoms with Crippen LogP contribution in [0.25, 0.3) is 0 Å². The highest BCUT2D eigenvalue weighted by Gasteiger charge is 2.40. The predicted molar refractivity (Wildman–Crippen MR) is 102 cm³/mol. The SMILES string of the molecule is COc1ccccc1CNC(=O)c1ccnc(N2CCC3(CC2)OCCO3)n1. The van der Waals surface area contributed by atoms with Gasteiger partial charge in [0.25, 0.3) is 5.91 Å². The molecule has 28 heavy (non-hydrogen) atoms. The molecule has 2 aliphatic heterocycles. The van der Waals surface area contributed by atoms with Gasteiger partial charge in [-0.2, -0.15) is 0 Å². The third kappa shape index (κ3) is 3.93. The summed E-state index contributed by atoms with van der Waals surface area (Å²) < 4.78 is 16.8. The number of rotatable bonds is 5. The summed E-state index contributed by atoms with van der Waals surface area (Å²) in [5, 5.41) is 2.89. The molecule has 8 heteroatoms. The van der Waals surface area contributed by atoms with Crippen LogP contribution in [0.15, 0.2) is 36.5 Å². The quantitative estimate of drug-likeness (QED) is 0.841. The zero-order valence-corrected chi connectivity index (χ0v) is 15.9. The van der Waals surface area contributed by atoms with Crippen molar-refractivity contribution in [3.05, 3.63) is 47.8 Å². The minimum absolute atomic E-state index is 0.245. The van der Waals surface area contributed by atoms with Gasteiger partial charge in [0.1, 0.15) is 11.4 Å². The molecule has 2 aliphatic rings. The highest BCUT2D eigenvalue weighted by molar-refractivity contribution is 5.92. The topological polar surface area (TPSA) is 85.8 Å². The van der Waals surface area contributed by atoms with E-state index in [1.54, 1.807) is 19.4 Å². The Morgan fingerprint density at radius 3 is 2.71 bits per heavy atom. The Kier molecular flexibility index (Phi) is 5.40. The number of piperidine rings is 1. The van der Waals surface area contributed by atoms with Crippen molar-refractivity contribution in [2.45, 2.75) is 25.2 Å². The Morgan fingerprint density at radius 1 is 1.21 bits per heavy atom. The number of benzene rings is 1. The molecule has 2 aromatic rings. The van der Waals surface area contributed by atoms with E-state index in [0.717, 1.165) is 37.2 Å². The van der Waals surface area contributed by atoms with Crippen LogP contribution in [0.1, 0.15) is 28.9 Å². The average Bonchev–Trinajstić information content (AvgIpc) is 3.20. The smallest absolute Gasteiger partial charge is 0.270 e. The van der Waals surface area contributed by atoms with Crippen molar-refractivity contribution in [2.24, 2.45) is 0 Å². The van der Waals surface area contributed by atoms with E-state index in [0.29, 0.717) is 31.4 Å². The first kappa shape index (κ1) is 18.6. The van der Waals surface area contributed by atoms with Gasteiger partial charge in [0, 0.05) is 44.2 Å². The van der Waals surface area contributed by atoms with E-state index in [4.69, 9.17) is 14.2 Å². The minimum Gasteiger partial charge on any atom is -0.496 e. The third-order valence-corrected chi connectivity index (χ3v) is 5.13. The Bertz CT molecular complexity index is 828. The maximum Gasteiger partial charge on any atom is 0.270 e. The molecule has 0 radical (unpaired) electrons. The number of hydrogen-bond acceptors (Lipinski definition) is 7. The fraction of sp³-hybridized carbons (Fsp3) is 0.450. The van der Waals surface area contributed by atoms with Gasteiger partial charge in [-0.15, -0.1) is 0 Å². The molecule has 0 aliphatic carbocycles. The van der Waals surface area contributed by atoms with Gasteiger partial charge in [0.15, 0.2) is 5.79 Å².